The fourth-order valence-corrected chi connectivity index (χ4v) is 10.3. The number of carbonyl (C=O) groups excluding carboxylic acids is 2. The van der Waals surface area contributed by atoms with E-state index in [0.29, 0.717) is 17.6 Å². The van der Waals surface area contributed by atoms with E-state index in [-0.39, 0.29) is 44.5 Å². The molecule has 3 nitrogen and oxygen atoms in total. The number of carbonyl (C=O) groups is 2. The van der Waals surface area contributed by atoms with Gasteiger partial charge >= 0.3 is 0 Å². The molecular formula is C30H46O3. The number of rotatable bonds is 1. The molecule has 0 radical (unpaired) electrons. The second-order valence-corrected chi connectivity index (χ2v) is 14.8. The lowest BCUT2D eigenvalue weighted by Crippen LogP contribution is -2.66. The van der Waals surface area contributed by atoms with Crippen molar-refractivity contribution >= 4 is 12.1 Å². The highest BCUT2D eigenvalue weighted by Gasteiger charge is 2.70. The topological polar surface area (TPSA) is 54.4 Å². The summed E-state index contributed by atoms with van der Waals surface area (Å²) >= 11 is 0. The summed E-state index contributed by atoms with van der Waals surface area (Å²) in [6.07, 6.45) is 12.2. The Labute approximate surface area is 201 Å². The quantitative estimate of drug-likeness (QED) is 0.458. The van der Waals surface area contributed by atoms with Gasteiger partial charge in [0, 0.05) is 11.3 Å². The zero-order valence-corrected chi connectivity index (χ0v) is 22.1. The molecule has 4 fully saturated rings. The maximum atomic E-state index is 14.2. The van der Waals surface area contributed by atoms with Crippen molar-refractivity contribution in [1.82, 2.24) is 0 Å². The molecule has 33 heavy (non-hydrogen) atoms. The molecule has 2 unspecified atom stereocenters. The molecule has 5 aliphatic rings. The molecule has 0 aromatic heterocycles. The van der Waals surface area contributed by atoms with E-state index in [0.717, 1.165) is 51.4 Å². The first-order valence-corrected chi connectivity index (χ1v) is 13.6. The highest BCUT2D eigenvalue weighted by atomic mass is 16.3. The number of aldehydes is 1. The van der Waals surface area contributed by atoms with E-state index in [1.807, 2.05) is 0 Å². The minimum Gasteiger partial charge on any atom is -0.393 e. The molecule has 0 saturated heterocycles. The third kappa shape index (κ3) is 2.84. The Bertz CT molecular complexity index is 918. The minimum absolute atomic E-state index is 0.00503. The second kappa shape index (κ2) is 6.83. The molecule has 184 valence electrons. The minimum atomic E-state index is -0.279. The monoisotopic (exact) mass is 454 g/mol. The Morgan fingerprint density at radius 1 is 0.909 bits per heavy atom. The predicted molar refractivity (Wildman–Crippen MR) is 131 cm³/mol. The lowest BCUT2D eigenvalue weighted by atomic mass is 9.33. The van der Waals surface area contributed by atoms with Crippen LogP contribution < -0.4 is 0 Å². The van der Waals surface area contributed by atoms with Crippen molar-refractivity contribution in [3.63, 3.8) is 0 Å². The van der Waals surface area contributed by atoms with E-state index < -0.39 is 0 Å². The summed E-state index contributed by atoms with van der Waals surface area (Å²) in [5.74, 6) is 1.06. The summed E-state index contributed by atoms with van der Waals surface area (Å²) in [4.78, 5) is 26.2. The number of hydrogen-bond acceptors (Lipinski definition) is 3. The van der Waals surface area contributed by atoms with Crippen LogP contribution in [0, 0.1) is 50.2 Å². The molecule has 9 atom stereocenters. The highest BCUT2D eigenvalue weighted by Crippen LogP contribution is 2.75. The Morgan fingerprint density at radius 3 is 2.24 bits per heavy atom. The van der Waals surface area contributed by atoms with Crippen LogP contribution in [0.4, 0.5) is 0 Å². The summed E-state index contributed by atoms with van der Waals surface area (Å²) in [7, 11) is 0. The van der Waals surface area contributed by atoms with Crippen LogP contribution in [0.2, 0.25) is 0 Å². The fourth-order valence-electron chi connectivity index (χ4n) is 10.3. The van der Waals surface area contributed by atoms with Crippen LogP contribution in [0.5, 0.6) is 0 Å². The summed E-state index contributed by atoms with van der Waals surface area (Å²) in [5.41, 5.74) is 1.04. The number of aliphatic hydroxyl groups excluding tert-OH is 1. The van der Waals surface area contributed by atoms with Gasteiger partial charge in [0.05, 0.1) is 6.10 Å². The first kappa shape index (κ1) is 23.8. The van der Waals surface area contributed by atoms with E-state index in [1.165, 1.54) is 18.3 Å². The van der Waals surface area contributed by atoms with Crippen molar-refractivity contribution in [2.45, 2.75) is 112 Å². The van der Waals surface area contributed by atoms with Gasteiger partial charge < -0.3 is 9.90 Å². The zero-order valence-electron chi connectivity index (χ0n) is 22.1. The van der Waals surface area contributed by atoms with Gasteiger partial charge in [-0.05, 0) is 103 Å². The smallest absolute Gasteiger partial charge is 0.159 e. The van der Waals surface area contributed by atoms with Crippen LogP contribution in [0.1, 0.15) is 106 Å². The first-order valence-electron chi connectivity index (χ1n) is 13.6. The molecule has 1 N–H and O–H groups in total. The second-order valence-electron chi connectivity index (χ2n) is 14.8. The van der Waals surface area contributed by atoms with Gasteiger partial charge in [-0.15, -0.1) is 0 Å². The van der Waals surface area contributed by atoms with E-state index in [9.17, 15) is 14.7 Å². The maximum absolute atomic E-state index is 14.2. The van der Waals surface area contributed by atoms with Crippen LogP contribution >= 0.6 is 0 Å². The Hall–Kier alpha value is -0.960. The lowest BCUT2D eigenvalue weighted by molar-refractivity contribution is -0.202. The summed E-state index contributed by atoms with van der Waals surface area (Å²) in [5, 5.41) is 10.9. The summed E-state index contributed by atoms with van der Waals surface area (Å²) in [6.45, 7) is 16.3. The molecule has 3 heteroatoms. The van der Waals surface area contributed by atoms with Crippen molar-refractivity contribution in [2.75, 3.05) is 0 Å². The predicted octanol–water partition coefficient (Wildman–Crippen LogP) is 6.53. The van der Waals surface area contributed by atoms with Crippen LogP contribution in [-0.4, -0.2) is 23.3 Å². The maximum Gasteiger partial charge on any atom is 0.159 e. The molecule has 0 bridgehead atoms. The van der Waals surface area contributed by atoms with Crippen molar-refractivity contribution in [2.24, 2.45) is 50.2 Å². The molecule has 0 spiro atoms. The number of hydrogen-bond donors (Lipinski definition) is 1. The van der Waals surface area contributed by atoms with E-state index >= 15 is 0 Å². The molecular weight excluding hydrogens is 408 g/mol. The lowest BCUT2D eigenvalue weighted by Gasteiger charge is -2.70. The third-order valence-electron chi connectivity index (χ3n) is 12.9. The van der Waals surface area contributed by atoms with Crippen molar-refractivity contribution < 1.29 is 14.7 Å². The van der Waals surface area contributed by atoms with E-state index in [1.54, 1.807) is 0 Å². The first-order chi connectivity index (χ1) is 15.2. The molecule has 0 heterocycles. The van der Waals surface area contributed by atoms with Crippen LogP contribution in [-0.2, 0) is 9.59 Å². The van der Waals surface area contributed by atoms with E-state index in [4.69, 9.17) is 0 Å². The van der Waals surface area contributed by atoms with Crippen molar-refractivity contribution in [3.05, 3.63) is 11.6 Å². The SMILES string of the molecule is CC1(C)C2CC[C@]3(C)C(C(=O)C=C4[C@@H]5C[C@@](C)(C=O)CC[C@]5(C)CC[C@]43C)[C@@]2(C)CC[C@@H]1O. The third-order valence-corrected chi connectivity index (χ3v) is 12.9. The normalized spacial score (nSPS) is 55.4. The number of fused-ring (bicyclic) bond motifs is 7. The van der Waals surface area contributed by atoms with Gasteiger partial charge in [-0.3, -0.25) is 4.79 Å². The molecule has 0 aromatic rings. The van der Waals surface area contributed by atoms with Gasteiger partial charge in [-0.25, -0.2) is 0 Å². The molecule has 0 aliphatic heterocycles. The van der Waals surface area contributed by atoms with Gasteiger partial charge in [0.25, 0.3) is 0 Å². The van der Waals surface area contributed by atoms with Crippen molar-refractivity contribution in [1.29, 1.82) is 0 Å². The van der Waals surface area contributed by atoms with Crippen LogP contribution in [0.15, 0.2) is 11.6 Å². The van der Waals surface area contributed by atoms with Gasteiger partial charge in [0.15, 0.2) is 5.78 Å². The fraction of sp³-hybridized carbons (Fsp3) is 0.867. The molecule has 0 amide bonds. The zero-order chi connectivity index (χ0) is 24.2. The number of aliphatic hydroxyl groups is 1. The molecule has 4 saturated carbocycles. The molecule has 5 aliphatic carbocycles. The van der Waals surface area contributed by atoms with Gasteiger partial charge in [0.2, 0.25) is 0 Å². The van der Waals surface area contributed by atoms with E-state index in [2.05, 4.69) is 54.5 Å². The summed E-state index contributed by atoms with van der Waals surface area (Å²) in [6, 6.07) is 0. The van der Waals surface area contributed by atoms with Gasteiger partial charge in [-0.1, -0.05) is 54.0 Å². The number of ketones is 1. The number of allylic oxidation sites excluding steroid dienone is 2. The van der Waals surface area contributed by atoms with Gasteiger partial charge in [-0.2, -0.15) is 0 Å². The molecule has 0 aromatic carbocycles. The molecule has 5 rings (SSSR count). The average molecular weight is 455 g/mol. The standard InChI is InChI=1S/C30H46O3/c1-25(2)22-8-11-30(7)24(28(22,5)10-9-23(25)33)21(32)16-19-20-17-26(3,18-31)12-13-27(20,4)14-15-29(19,30)6/h16,18,20,22-24,33H,8-15,17H2,1-7H3/t20-,22?,23-,24?,26-,27+,28-,29+,30+/m0/s1. The Balaban J connectivity index is 1.63. The van der Waals surface area contributed by atoms with Gasteiger partial charge in [0.1, 0.15) is 6.29 Å². The largest absolute Gasteiger partial charge is 0.393 e. The van der Waals surface area contributed by atoms with Crippen LogP contribution in [0.3, 0.4) is 0 Å². The summed E-state index contributed by atoms with van der Waals surface area (Å²) < 4.78 is 0. The average Bonchev–Trinajstić information content (AvgIpc) is 2.74. The van der Waals surface area contributed by atoms with Crippen LogP contribution in [0.25, 0.3) is 0 Å². The van der Waals surface area contributed by atoms with Crippen molar-refractivity contribution in [3.8, 4) is 0 Å². The highest BCUT2D eigenvalue weighted by molar-refractivity contribution is 5.95. The Morgan fingerprint density at radius 2 is 1.58 bits per heavy atom. The Kier molecular flexibility index (Phi) is 4.92.